The second-order valence-electron chi connectivity index (χ2n) is 5.99. The van der Waals surface area contributed by atoms with Gasteiger partial charge in [0.1, 0.15) is 0 Å². The molecule has 1 amide bonds. The SMILES string of the molecule is Cc1cccc(NC(=O)c2cncc(Nc3ccc(C(F)(F)F)cc3)c2)c1. The molecule has 0 aliphatic heterocycles. The van der Waals surface area contributed by atoms with Gasteiger partial charge < -0.3 is 10.6 Å². The Bertz CT molecular complexity index is 953. The molecule has 2 aromatic carbocycles. The number of aryl methyl sites for hydroxylation is 1. The van der Waals surface area contributed by atoms with Crippen LogP contribution in [0.1, 0.15) is 21.5 Å². The Labute approximate surface area is 154 Å². The van der Waals surface area contributed by atoms with Crippen molar-refractivity contribution in [3.63, 3.8) is 0 Å². The van der Waals surface area contributed by atoms with Crippen molar-refractivity contribution in [1.29, 1.82) is 0 Å². The first-order valence-electron chi connectivity index (χ1n) is 8.08. The number of anilines is 3. The number of benzene rings is 2. The number of alkyl halides is 3. The summed E-state index contributed by atoms with van der Waals surface area (Å²) in [5.74, 6) is -0.329. The Kier molecular flexibility index (Phi) is 5.12. The maximum atomic E-state index is 12.6. The Morgan fingerprint density at radius 1 is 0.926 bits per heavy atom. The highest BCUT2D eigenvalue weighted by molar-refractivity contribution is 6.04. The van der Waals surface area contributed by atoms with Gasteiger partial charge in [0.15, 0.2) is 0 Å². The molecule has 3 aromatic rings. The van der Waals surface area contributed by atoms with Crippen molar-refractivity contribution in [2.45, 2.75) is 13.1 Å². The Balaban J connectivity index is 1.72. The summed E-state index contributed by atoms with van der Waals surface area (Å²) in [5, 5.41) is 5.72. The van der Waals surface area contributed by atoms with Crippen LogP contribution in [0.4, 0.5) is 30.2 Å². The third-order valence-electron chi connectivity index (χ3n) is 3.78. The van der Waals surface area contributed by atoms with Gasteiger partial charge >= 0.3 is 6.18 Å². The maximum Gasteiger partial charge on any atom is 0.416 e. The third-order valence-corrected chi connectivity index (χ3v) is 3.78. The van der Waals surface area contributed by atoms with Crippen molar-refractivity contribution < 1.29 is 18.0 Å². The summed E-state index contributed by atoms with van der Waals surface area (Å²) in [5.41, 5.74) is 2.24. The number of rotatable bonds is 4. The molecule has 0 saturated carbocycles. The minimum Gasteiger partial charge on any atom is -0.354 e. The zero-order valence-electron chi connectivity index (χ0n) is 14.3. The number of carbonyl (C=O) groups excluding carboxylic acids is 1. The molecule has 0 atom stereocenters. The maximum absolute atomic E-state index is 12.6. The van der Waals surface area contributed by atoms with Crippen molar-refractivity contribution in [3.8, 4) is 0 Å². The van der Waals surface area contributed by atoms with Crippen LogP contribution in [0.2, 0.25) is 0 Å². The van der Waals surface area contributed by atoms with Gasteiger partial charge in [-0.15, -0.1) is 0 Å². The Morgan fingerprint density at radius 2 is 1.67 bits per heavy atom. The lowest BCUT2D eigenvalue weighted by molar-refractivity contribution is -0.137. The zero-order valence-corrected chi connectivity index (χ0v) is 14.3. The second-order valence-corrected chi connectivity index (χ2v) is 5.99. The van der Waals surface area contributed by atoms with Gasteiger partial charge in [-0.3, -0.25) is 9.78 Å². The number of amides is 1. The molecule has 0 spiro atoms. The van der Waals surface area contributed by atoms with Crippen LogP contribution >= 0.6 is 0 Å². The van der Waals surface area contributed by atoms with Crippen LogP contribution in [0, 0.1) is 6.92 Å². The average Bonchev–Trinajstić information content (AvgIpc) is 2.62. The molecular formula is C20H16F3N3O. The predicted octanol–water partition coefficient (Wildman–Crippen LogP) is 5.40. The van der Waals surface area contributed by atoms with Gasteiger partial charge in [0.05, 0.1) is 23.0 Å². The van der Waals surface area contributed by atoms with Crippen molar-refractivity contribution in [1.82, 2.24) is 4.98 Å². The summed E-state index contributed by atoms with van der Waals surface area (Å²) in [6.07, 6.45) is -1.47. The van der Waals surface area contributed by atoms with E-state index in [2.05, 4.69) is 15.6 Å². The summed E-state index contributed by atoms with van der Waals surface area (Å²) >= 11 is 0. The third kappa shape index (κ3) is 4.84. The number of carbonyl (C=O) groups is 1. The number of aromatic nitrogens is 1. The number of halogens is 3. The monoisotopic (exact) mass is 371 g/mol. The molecule has 7 heteroatoms. The van der Waals surface area contributed by atoms with E-state index in [-0.39, 0.29) is 5.91 Å². The zero-order chi connectivity index (χ0) is 19.4. The second kappa shape index (κ2) is 7.49. The number of nitrogens with zero attached hydrogens (tertiary/aromatic N) is 1. The van der Waals surface area contributed by atoms with E-state index < -0.39 is 11.7 Å². The summed E-state index contributed by atoms with van der Waals surface area (Å²) in [4.78, 5) is 16.4. The Morgan fingerprint density at radius 3 is 2.33 bits per heavy atom. The standard InChI is InChI=1S/C20H16F3N3O/c1-13-3-2-4-17(9-13)26-19(27)14-10-18(12-24-11-14)25-16-7-5-15(6-8-16)20(21,22)23/h2-12,25H,1H3,(H,26,27). The summed E-state index contributed by atoms with van der Waals surface area (Å²) in [6, 6.07) is 13.6. The molecule has 4 nitrogen and oxygen atoms in total. The van der Waals surface area contributed by atoms with E-state index in [1.165, 1.54) is 24.5 Å². The van der Waals surface area contributed by atoms with E-state index in [9.17, 15) is 18.0 Å². The van der Waals surface area contributed by atoms with Crippen LogP contribution in [-0.4, -0.2) is 10.9 Å². The summed E-state index contributed by atoms with van der Waals surface area (Å²) < 4.78 is 37.9. The quantitative estimate of drug-likeness (QED) is 0.645. The smallest absolute Gasteiger partial charge is 0.354 e. The minimum absolute atomic E-state index is 0.327. The van der Waals surface area contributed by atoms with Gasteiger partial charge in [-0.05, 0) is 55.0 Å². The average molecular weight is 371 g/mol. The first kappa shape index (κ1) is 18.4. The van der Waals surface area contributed by atoms with Crippen molar-refractivity contribution in [2.24, 2.45) is 0 Å². The van der Waals surface area contributed by atoms with E-state index in [1.807, 2.05) is 25.1 Å². The Hall–Kier alpha value is -3.35. The van der Waals surface area contributed by atoms with E-state index in [0.717, 1.165) is 17.7 Å². The minimum atomic E-state index is -4.38. The lowest BCUT2D eigenvalue weighted by Crippen LogP contribution is -2.12. The highest BCUT2D eigenvalue weighted by Crippen LogP contribution is 2.30. The first-order valence-corrected chi connectivity index (χ1v) is 8.08. The molecule has 27 heavy (non-hydrogen) atoms. The van der Waals surface area contributed by atoms with E-state index in [0.29, 0.717) is 22.6 Å². The number of hydrogen-bond donors (Lipinski definition) is 2. The molecule has 138 valence electrons. The van der Waals surface area contributed by atoms with Crippen LogP contribution in [0.25, 0.3) is 0 Å². The molecule has 0 aliphatic rings. The van der Waals surface area contributed by atoms with Crippen LogP contribution in [0.5, 0.6) is 0 Å². The molecular weight excluding hydrogens is 355 g/mol. The molecule has 2 N–H and O–H groups in total. The molecule has 0 fully saturated rings. The normalized spacial score (nSPS) is 11.1. The van der Waals surface area contributed by atoms with Gasteiger partial charge in [-0.25, -0.2) is 0 Å². The largest absolute Gasteiger partial charge is 0.416 e. The highest BCUT2D eigenvalue weighted by atomic mass is 19.4. The van der Waals surface area contributed by atoms with Gasteiger partial charge in [0.2, 0.25) is 0 Å². The molecule has 0 aliphatic carbocycles. The van der Waals surface area contributed by atoms with Gasteiger partial charge in [0, 0.05) is 17.6 Å². The molecule has 1 aromatic heterocycles. The van der Waals surface area contributed by atoms with Gasteiger partial charge in [-0.1, -0.05) is 12.1 Å². The number of pyridine rings is 1. The van der Waals surface area contributed by atoms with Crippen LogP contribution in [0.15, 0.2) is 67.0 Å². The van der Waals surface area contributed by atoms with Crippen molar-refractivity contribution in [2.75, 3.05) is 10.6 Å². The van der Waals surface area contributed by atoms with Crippen LogP contribution in [-0.2, 0) is 6.18 Å². The summed E-state index contributed by atoms with van der Waals surface area (Å²) in [7, 11) is 0. The van der Waals surface area contributed by atoms with E-state index in [4.69, 9.17) is 0 Å². The number of nitrogens with one attached hydrogen (secondary N) is 2. The van der Waals surface area contributed by atoms with Crippen molar-refractivity contribution >= 4 is 23.0 Å². The van der Waals surface area contributed by atoms with Crippen molar-refractivity contribution in [3.05, 3.63) is 83.7 Å². The lowest BCUT2D eigenvalue weighted by atomic mass is 10.2. The fourth-order valence-electron chi connectivity index (χ4n) is 2.47. The fraction of sp³-hybridized carbons (Fsp3) is 0.100. The molecule has 3 rings (SSSR count). The lowest BCUT2D eigenvalue weighted by Gasteiger charge is -2.10. The predicted molar refractivity (Wildman–Crippen MR) is 98.1 cm³/mol. The molecule has 0 saturated heterocycles. The molecule has 0 radical (unpaired) electrons. The molecule has 0 bridgehead atoms. The van der Waals surface area contributed by atoms with Gasteiger partial charge in [0.25, 0.3) is 5.91 Å². The van der Waals surface area contributed by atoms with E-state index in [1.54, 1.807) is 12.1 Å². The molecule has 1 heterocycles. The fourth-order valence-corrected chi connectivity index (χ4v) is 2.47. The first-order chi connectivity index (χ1) is 12.8. The molecule has 0 unspecified atom stereocenters. The van der Waals surface area contributed by atoms with E-state index >= 15 is 0 Å². The topological polar surface area (TPSA) is 54.0 Å². The highest BCUT2D eigenvalue weighted by Gasteiger charge is 2.29. The summed E-state index contributed by atoms with van der Waals surface area (Å²) in [6.45, 7) is 1.92. The van der Waals surface area contributed by atoms with Gasteiger partial charge in [-0.2, -0.15) is 13.2 Å². The number of hydrogen-bond acceptors (Lipinski definition) is 3. The van der Waals surface area contributed by atoms with Crippen LogP contribution < -0.4 is 10.6 Å². The van der Waals surface area contributed by atoms with Crippen LogP contribution in [0.3, 0.4) is 0 Å².